The molecule has 2 unspecified atom stereocenters. The lowest BCUT2D eigenvalue weighted by Gasteiger charge is -2.35. The number of hydrogen-bond acceptors (Lipinski definition) is 2. The summed E-state index contributed by atoms with van der Waals surface area (Å²) < 4.78 is 0. The van der Waals surface area contributed by atoms with Crippen LogP contribution in [0.1, 0.15) is 37.8 Å². The van der Waals surface area contributed by atoms with Gasteiger partial charge >= 0.3 is 6.03 Å². The van der Waals surface area contributed by atoms with Gasteiger partial charge in [-0.25, -0.2) is 4.79 Å². The number of carbonyl (C=O) groups is 1. The highest BCUT2D eigenvalue weighted by molar-refractivity contribution is 6.30. The molecule has 0 spiro atoms. The Morgan fingerprint density at radius 3 is 2.52 bits per heavy atom. The van der Waals surface area contributed by atoms with Gasteiger partial charge in [0.05, 0.1) is 12.1 Å². The molecule has 1 aromatic carbocycles. The molecule has 1 aliphatic carbocycles. The summed E-state index contributed by atoms with van der Waals surface area (Å²) in [6.45, 7) is 2.00. The van der Waals surface area contributed by atoms with E-state index in [0.29, 0.717) is 17.5 Å². The normalized spacial score (nSPS) is 17.7. The van der Waals surface area contributed by atoms with E-state index in [0.717, 1.165) is 18.4 Å². The van der Waals surface area contributed by atoms with E-state index in [-0.39, 0.29) is 12.1 Å². The zero-order chi connectivity index (χ0) is 15.4. The highest BCUT2D eigenvalue weighted by atomic mass is 35.5. The lowest BCUT2D eigenvalue weighted by atomic mass is 9.77. The van der Waals surface area contributed by atoms with E-state index in [2.05, 4.69) is 5.32 Å². The molecule has 2 N–H and O–H groups in total. The molecule has 0 heterocycles. The summed E-state index contributed by atoms with van der Waals surface area (Å²) in [6, 6.07) is 7.52. The molecule has 2 amide bonds. The fraction of sp³-hybridized carbons (Fsp3) is 0.562. The molecular weight excluding hydrogens is 288 g/mol. The van der Waals surface area contributed by atoms with Crippen molar-refractivity contribution in [3.63, 3.8) is 0 Å². The fourth-order valence-electron chi connectivity index (χ4n) is 2.64. The number of benzene rings is 1. The van der Waals surface area contributed by atoms with Gasteiger partial charge in [0, 0.05) is 18.6 Å². The van der Waals surface area contributed by atoms with Crippen molar-refractivity contribution in [2.75, 3.05) is 13.6 Å². The molecule has 5 heteroatoms. The van der Waals surface area contributed by atoms with Crippen LogP contribution in [-0.4, -0.2) is 35.7 Å². The molecule has 2 atom stereocenters. The van der Waals surface area contributed by atoms with Gasteiger partial charge in [-0.1, -0.05) is 30.2 Å². The Hall–Kier alpha value is -1.26. The number of carbonyl (C=O) groups excluding carboxylic acids is 1. The van der Waals surface area contributed by atoms with Gasteiger partial charge in [0.1, 0.15) is 0 Å². The summed E-state index contributed by atoms with van der Waals surface area (Å²) >= 11 is 5.93. The number of hydrogen-bond donors (Lipinski definition) is 2. The van der Waals surface area contributed by atoms with Crippen molar-refractivity contribution in [1.29, 1.82) is 0 Å². The molecule has 4 nitrogen and oxygen atoms in total. The molecule has 116 valence electrons. The smallest absolute Gasteiger partial charge is 0.317 e. The molecule has 0 saturated heterocycles. The number of amides is 2. The lowest BCUT2D eigenvalue weighted by Crippen LogP contribution is -2.44. The standard InChI is InChI=1S/C16H23ClN2O2/c1-11(20)10-19(2)16(21)18-15(12-4-3-5-12)13-6-8-14(17)9-7-13/h6-9,11-12,15,20H,3-5,10H2,1-2H3,(H,18,21). The number of aliphatic hydroxyl groups excluding tert-OH is 1. The van der Waals surface area contributed by atoms with Gasteiger partial charge in [-0.15, -0.1) is 0 Å². The topological polar surface area (TPSA) is 52.6 Å². The fourth-order valence-corrected chi connectivity index (χ4v) is 2.77. The van der Waals surface area contributed by atoms with Crippen LogP contribution >= 0.6 is 11.6 Å². The van der Waals surface area contributed by atoms with Gasteiger partial charge in [-0.2, -0.15) is 0 Å². The Kier molecular flexibility index (Phi) is 5.48. The van der Waals surface area contributed by atoms with Crippen LogP contribution in [0.4, 0.5) is 4.79 Å². The number of nitrogens with one attached hydrogen (secondary N) is 1. The minimum absolute atomic E-state index is 0.0139. The molecule has 1 aliphatic rings. The van der Waals surface area contributed by atoms with Crippen LogP contribution in [0.25, 0.3) is 0 Å². The van der Waals surface area contributed by atoms with Crippen molar-refractivity contribution < 1.29 is 9.90 Å². The predicted octanol–water partition coefficient (Wildman–Crippen LogP) is 3.20. The molecule has 1 aromatic rings. The molecule has 1 saturated carbocycles. The monoisotopic (exact) mass is 310 g/mol. The first-order valence-electron chi connectivity index (χ1n) is 7.42. The zero-order valence-electron chi connectivity index (χ0n) is 12.6. The van der Waals surface area contributed by atoms with Crippen LogP contribution in [0, 0.1) is 5.92 Å². The third-order valence-corrected chi connectivity index (χ3v) is 4.27. The van der Waals surface area contributed by atoms with Crippen LogP contribution in [0.2, 0.25) is 5.02 Å². The first-order valence-corrected chi connectivity index (χ1v) is 7.80. The number of likely N-dealkylation sites (N-methyl/N-ethyl adjacent to an activating group) is 1. The second kappa shape index (κ2) is 7.14. The number of halogens is 1. The maximum Gasteiger partial charge on any atom is 0.317 e. The Morgan fingerprint density at radius 2 is 2.05 bits per heavy atom. The minimum Gasteiger partial charge on any atom is -0.392 e. The third-order valence-electron chi connectivity index (χ3n) is 4.01. The van der Waals surface area contributed by atoms with Crippen molar-refractivity contribution in [2.24, 2.45) is 5.92 Å². The third kappa shape index (κ3) is 4.35. The number of urea groups is 1. The second-order valence-corrected chi connectivity index (χ2v) is 6.34. The predicted molar refractivity (Wildman–Crippen MR) is 84.4 cm³/mol. The van der Waals surface area contributed by atoms with Gasteiger partial charge in [-0.3, -0.25) is 0 Å². The SMILES string of the molecule is CC(O)CN(C)C(=O)NC(c1ccc(Cl)cc1)C1CCC1. The minimum atomic E-state index is -0.529. The summed E-state index contributed by atoms with van der Waals surface area (Å²) in [5, 5.41) is 13.2. The van der Waals surface area contributed by atoms with Crippen molar-refractivity contribution in [3.8, 4) is 0 Å². The van der Waals surface area contributed by atoms with E-state index in [1.165, 1.54) is 11.3 Å². The Morgan fingerprint density at radius 1 is 1.43 bits per heavy atom. The van der Waals surface area contributed by atoms with Crippen molar-refractivity contribution >= 4 is 17.6 Å². The number of rotatable bonds is 5. The van der Waals surface area contributed by atoms with E-state index < -0.39 is 6.10 Å². The molecule has 0 radical (unpaired) electrons. The van der Waals surface area contributed by atoms with Crippen molar-refractivity contribution in [3.05, 3.63) is 34.9 Å². The lowest BCUT2D eigenvalue weighted by molar-refractivity contribution is 0.137. The molecule has 0 bridgehead atoms. The Bertz CT molecular complexity index is 472. The first kappa shape index (κ1) is 16.1. The average Bonchev–Trinajstić information content (AvgIpc) is 2.35. The van der Waals surface area contributed by atoms with E-state index in [1.807, 2.05) is 24.3 Å². The quantitative estimate of drug-likeness (QED) is 0.877. The molecule has 2 rings (SSSR count). The van der Waals surface area contributed by atoms with E-state index in [9.17, 15) is 9.90 Å². The van der Waals surface area contributed by atoms with Crippen molar-refractivity contribution in [1.82, 2.24) is 10.2 Å². The van der Waals surface area contributed by atoms with Gasteiger partial charge in [-0.05, 0) is 43.4 Å². The van der Waals surface area contributed by atoms with Gasteiger partial charge in [0.25, 0.3) is 0 Å². The van der Waals surface area contributed by atoms with Crippen LogP contribution < -0.4 is 5.32 Å². The molecule has 1 fully saturated rings. The maximum atomic E-state index is 12.3. The number of aliphatic hydroxyl groups is 1. The highest BCUT2D eigenvalue weighted by Gasteiger charge is 2.30. The summed E-state index contributed by atoms with van der Waals surface area (Å²) in [6.07, 6.45) is 2.95. The van der Waals surface area contributed by atoms with E-state index in [4.69, 9.17) is 11.6 Å². The van der Waals surface area contributed by atoms with Crippen LogP contribution in [0.3, 0.4) is 0 Å². The van der Waals surface area contributed by atoms with Crippen LogP contribution in [-0.2, 0) is 0 Å². The average molecular weight is 311 g/mol. The summed E-state index contributed by atoms with van der Waals surface area (Å²) in [5.41, 5.74) is 1.09. The summed E-state index contributed by atoms with van der Waals surface area (Å²) in [4.78, 5) is 13.8. The van der Waals surface area contributed by atoms with Crippen LogP contribution in [0.5, 0.6) is 0 Å². The van der Waals surface area contributed by atoms with E-state index >= 15 is 0 Å². The molecule has 0 aromatic heterocycles. The van der Waals surface area contributed by atoms with Crippen molar-refractivity contribution in [2.45, 2.75) is 38.3 Å². The van der Waals surface area contributed by atoms with Gasteiger partial charge < -0.3 is 15.3 Å². The number of nitrogens with zero attached hydrogens (tertiary/aromatic N) is 1. The van der Waals surface area contributed by atoms with E-state index in [1.54, 1.807) is 14.0 Å². The Labute approximate surface area is 131 Å². The van der Waals surface area contributed by atoms with Gasteiger partial charge in [0.2, 0.25) is 0 Å². The maximum absolute atomic E-state index is 12.3. The first-order chi connectivity index (χ1) is 9.97. The second-order valence-electron chi connectivity index (χ2n) is 5.90. The summed E-state index contributed by atoms with van der Waals surface area (Å²) in [5.74, 6) is 0.482. The molecule has 21 heavy (non-hydrogen) atoms. The highest BCUT2D eigenvalue weighted by Crippen LogP contribution is 2.38. The summed E-state index contributed by atoms with van der Waals surface area (Å²) in [7, 11) is 1.70. The Balaban J connectivity index is 2.06. The van der Waals surface area contributed by atoms with Gasteiger partial charge in [0.15, 0.2) is 0 Å². The van der Waals surface area contributed by atoms with Crippen LogP contribution in [0.15, 0.2) is 24.3 Å². The largest absolute Gasteiger partial charge is 0.392 e. The zero-order valence-corrected chi connectivity index (χ0v) is 13.3. The molecule has 0 aliphatic heterocycles. The molecular formula is C16H23ClN2O2.